The van der Waals surface area contributed by atoms with E-state index < -0.39 is 10.0 Å². The molecule has 2 rings (SSSR count). The van der Waals surface area contributed by atoms with Crippen molar-refractivity contribution in [2.24, 2.45) is 0 Å². The average molecular weight is 298 g/mol. The third-order valence-electron chi connectivity index (χ3n) is 3.05. The summed E-state index contributed by atoms with van der Waals surface area (Å²) in [4.78, 5) is 17.5. The van der Waals surface area contributed by atoms with Crippen LogP contribution in [0, 0.1) is 0 Å². The molecule has 0 aliphatic carbocycles. The summed E-state index contributed by atoms with van der Waals surface area (Å²) in [5.41, 5.74) is 0. The van der Waals surface area contributed by atoms with Crippen molar-refractivity contribution in [3.05, 3.63) is 24.5 Å². The van der Waals surface area contributed by atoms with Crippen LogP contribution in [0.3, 0.4) is 0 Å². The topological polar surface area (TPSA) is 91.4 Å². The Morgan fingerprint density at radius 3 is 2.80 bits per heavy atom. The molecular weight excluding hydrogens is 280 g/mol. The van der Waals surface area contributed by atoms with Crippen LogP contribution in [-0.4, -0.2) is 56.9 Å². The van der Waals surface area contributed by atoms with Gasteiger partial charge in [-0.1, -0.05) is 0 Å². The van der Waals surface area contributed by atoms with E-state index in [4.69, 9.17) is 0 Å². The molecule has 2 heterocycles. The zero-order chi connectivity index (χ0) is 14.4. The Morgan fingerprint density at radius 1 is 1.40 bits per heavy atom. The number of piperazine rings is 1. The number of carbonyl (C=O) groups is 1. The van der Waals surface area contributed by atoms with E-state index in [0.29, 0.717) is 13.1 Å². The second-order valence-electron chi connectivity index (χ2n) is 4.47. The van der Waals surface area contributed by atoms with Crippen LogP contribution < -0.4 is 10.0 Å². The molecular formula is C12H18N4O3S. The standard InChI is InChI=1S/C12H18N4O3S/c17-12(16-8-6-13-7-9-16)3-5-15-20(18,19)11-2-1-4-14-10-11/h1-2,4,10,13,15H,3,5-9H2. The number of hydrogen-bond acceptors (Lipinski definition) is 5. The van der Waals surface area contributed by atoms with Gasteiger partial charge in [-0.05, 0) is 12.1 Å². The van der Waals surface area contributed by atoms with Crippen molar-refractivity contribution in [2.45, 2.75) is 11.3 Å². The number of nitrogens with zero attached hydrogens (tertiary/aromatic N) is 2. The van der Waals surface area contributed by atoms with Gasteiger partial charge in [0.1, 0.15) is 4.90 Å². The van der Waals surface area contributed by atoms with Gasteiger partial charge in [0, 0.05) is 51.5 Å². The third-order valence-corrected chi connectivity index (χ3v) is 4.49. The molecule has 0 atom stereocenters. The summed E-state index contributed by atoms with van der Waals surface area (Å²) in [6.45, 7) is 3.02. The van der Waals surface area contributed by atoms with Crippen LogP contribution >= 0.6 is 0 Å². The van der Waals surface area contributed by atoms with Gasteiger partial charge in [0.2, 0.25) is 15.9 Å². The third kappa shape index (κ3) is 3.99. The maximum atomic E-state index is 11.9. The summed E-state index contributed by atoms with van der Waals surface area (Å²) in [7, 11) is -3.58. The lowest BCUT2D eigenvalue weighted by Crippen LogP contribution is -2.47. The molecule has 2 N–H and O–H groups in total. The molecule has 1 amide bonds. The molecule has 0 aromatic carbocycles. The van der Waals surface area contributed by atoms with Crippen molar-refractivity contribution in [1.29, 1.82) is 0 Å². The van der Waals surface area contributed by atoms with Crippen molar-refractivity contribution < 1.29 is 13.2 Å². The lowest BCUT2D eigenvalue weighted by Gasteiger charge is -2.27. The number of amides is 1. The first-order chi connectivity index (χ1) is 9.59. The molecule has 1 saturated heterocycles. The van der Waals surface area contributed by atoms with Crippen LogP contribution in [0.1, 0.15) is 6.42 Å². The maximum absolute atomic E-state index is 11.9. The van der Waals surface area contributed by atoms with E-state index in [9.17, 15) is 13.2 Å². The smallest absolute Gasteiger partial charge is 0.242 e. The number of aromatic nitrogens is 1. The lowest BCUT2D eigenvalue weighted by atomic mass is 10.3. The highest BCUT2D eigenvalue weighted by molar-refractivity contribution is 7.89. The summed E-state index contributed by atoms with van der Waals surface area (Å²) in [5, 5.41) is 3.16. The largest absolute Gasteiger partial charge is 0.340 e. The Morgan fingerprint density at radius 2 is 2.15 bits per heavy atom. The van der Waals surface area contributed by atoms with Gasteiger partial charge in [-0.2, -0.15) is 0 Å². The Balaban J connectivity index is 1.82. The van der Waals surface area contributed by atoms with Crippen LogP contribution in [0.4, 0.5) is 0 Å². The van der Waals surface area contributed by atoms with E-state index in [-0.39, 0.29) is 23.8 Å². The zero-order valence-corrected chi connectivity index (χ0v) is 11.9. The highest BCUT2D eigenvalue weighted by atomic mass is 32.2. The summed E-state index contributed by atoms with van der Waals surface area (Å²) in [6, 6.07) is 3.02. The first-order valence-electron chi connectivity index (χ1n) is 6.48. The summed E-state index contributed by atoms with van der Waals surface area (Å²) < 4.78 is 26.2. The highest BCUT2D eigenvalue weighted by Crippen LogP contribution is 2.05. The SMILES string of the molecule is O=C(CCNS(=O)(=O)c1cccnc1)N1CCNCC1. The summed E-state index contributed by atoms with van der Waals surface area (Å²) in [5.74, 6) is -0.0274. The normalized spacial score (nSPS) is 16.1. The predicted octanol–water partition coefficient (Wildman–Crippen LogP) is -0.818. The van der Waals surface area contributed by atoms with Gasteiger partial charge < -0.3 is 10.2 Å². The molecule has 1 aromatic heterocycles. The first-order valence-corrected chi connectivity index (χ1v) is 7.96. The van der Waals surface area contributed by atoms with Gasteiger partial charge in [0.05, 0.1) is 0 Å². The fourth-order valence-electron chi connectivity index (χ4n) is 1.95. The number of sulfonamides is 1. The molecule has 0 radical (unpaired) electrons. The molecule has 0 saturated carbocycles. The van der Waals surface area contributed by atoms with Gasteiger partial charge in [0.25, 0.3) is 0 Å². The van der Waals surface area contributed by atoms with Crippen LogP contribution in [0.25, 0.3) is 0 Å². The zero-order valence-electron chi connectivity index (χ0n) is 11.1. The van der Waals surface area contributed by atoms with Crippen molar-refractivity contribution >= 4 is 15.9 Å². The molecule has 1 aliphatic rings. The van der Waals surface area contributed by atoms with E-state index >= 15 is 0 Å². The summed E-state index contributed by atoms with van der Waals surface area (Å²) in [6.07, 6.45) is 2.95. The van der Waals surface area contributed by atoms with Crippen LogP contribution in [0.5, 0.6) is 0 Å². The molecule has 1 fully saturated rings. The van der Waals surface area contributed by atoms with E-state index in [1.807, 2.05) is 0 Å². The van der Waals surface area contributed by atoms with E-state index in [2.05, 4.69) is 15.0 Å². The van der Waals surface area contributed by atoms with Crippen molar-refractivity contribution in [3.8, 4) is 0 Å². The number of rotatable bonds is 5. The molecule has 110 valence electrons. The van der Waals surface area contributed by atoms with Gasteiger partial charge in [0.15, 0.2) is 0 Å². The van der Waals surface area contributed by atoms with Crippen LogP contribution in [-0.2, 0) is 14.8 Å². The predicted molar refractivity (Wildman–Crippen MR) is 73.5 cm³/mol. The molecule has 0 bridgehead atoms. The number of nitrogens with one attached hydrogen (secondary N) is 2. The Kier molecular flexibility index (Phi) is 5.05. The molecule has 20 heavy (non-hydrogen) atoms. The first kappa shape index (κ1) is 14.9. The Labute approximate surface area is 118 Å². The van der Waals surface area contributed by atoms with Crippen molar-refractivity contribution in [2.75, 3.05) is 32.7 Å². The average Bonchev–Trinajstić information content (AvgIpc) is 2.49. The van der Waals surface area contributed by atoms with E-state index in [1.165, 1.54) is 18.5 Å². The Hall–Kier alpha value is -1.51. The minimum absolute atomic E-state index is 0.0274. The minimum atomic E-state index is -3.58. The molecule has 0 unspecified atom stereocenters. The second-order valence-corrected chi connectivity index (χ2v) is 6.23. The number of carbonyl (C=O) groups excluding carboxylic acids is 1. The van der Waals surface area contributed by atoms with Crippen LogP contribution in [0.2, 0.25) is 0 Å². The fourth-order valence-corrected chi connectivity index (χ4v) is 2.95. The van der Waals surface area contributed by atoms with E-state index in [1.54, 1.807) is 11.0 Å². The lowest BCUT2D eigenvalue weighted by molar-refractivity contribution is -0.131. The van der Waals surface area contributed by atoms with Gasteiger partial charge >= 0.3 is 0 Å². The highest BCUT2D eigenvalue weighted by Gasteiger charge is 2.18. The second kappa shape index (κ2) is 6.78. The monoisotopic (exact) mass is 298 g/mol. The molecule has 1 aliphatic heterocycles. The number of pyridine rings is 1. The fraction of sp³-hybridized carbons (Fsp3) is 0.500. The van der Waals surface area contributed by atoms with Gasteiger partial charge in [-0.3, -0.25) is 9.78 Å². The molecule has 1 aromatic rings. The quantitative estimate of drug-likeness (QED) is 0.741. The Bertz CT molecular complexity index is 541. The maximum Gasteiger partial charge on any atom is 0.242 e. The van der Waals surface area contributed by atoms with Gasteiger partial charge in [-0.25, -0.2) is 13.1 Å². The number of hydrogen-bond donors (Lipinski definition) is 2. The van der Waals surface area contributed by atoms with E-state index in [0.717, 1.165) is 13.1 Å². The molecule has 7 nitrogen and oxygen atoms in total. The molecule has 0 spiro atoms. The summed E-state index contributed by atoms with van der Waals surface area (Å²) >= 11 is 0. The van der Waals surface area contributed by atoms with Gasteiger partial charge in [-0.15, -0.1) is 0 Å². The van der Waals surface area contributed by atoms with Crippen molar-refractivity contribution in [3.63, 3.8) is 0 Å². The van der Waals surface area contributed by atoms with Crippen LogP contribution in [0.15, 0.2) is 29.4 Å². The van der Waals surface area contributed by atoms with Crippen molar-refractivity contribution in [1.82, 2.24) is 19.9 Å². The molecule has 8 heteroatoms. The minimum Gasteiger partial charge on any atom is -0.340 e.